The van der Waals surface area contributed by atoms with E-state index in [4.69, 9.17) is 0 Å². The normalized spacial score (nSPS) is 11.6. The van der Waals surface area contributed by atoms with E-state index in [0.717, 1.165) is 12.5 Å². The summed E-state index contributed by atoms with van der Waals surface area (Å²) in [5, 5.41) is 3.39. The van der Waals surface area contributed by atoms with Crippen molar-refractivity contribution in [3.63, 3.8) is 0 Å². The summed E-state index contributed by atoms with van der Waals surface area (Å²) in [4.78, 5) is 2.63. The van der Waals surface area contributed by atoms with Gasteiger partial charge in [-0.3, -0.25) is 0 Å². The zero-order chi connectivity index (χ0) is 12.9. The fourth-order valence-corrected chi connectivity index (χ4v) is 2.23. The Hall–Kier alpha value is -0.0800. The molecule has 1 N–H and O–H groups in total. The average Bonchev–Trinajstić information content (AvgIpc) is 2.37. The van der Waals surface area contributed by atoms with Gasteiger partial charge in [0, 0.05) is 6.54 Å². The maximum atomic E-state index is 3.39. The Labute approximate surface area is 109 Å². The monoisotopic (exact) mass is 242 g/mol. The standard InChI is InChI=1S/C15H34N2/c1-5-15(6-2)14-17(8-4)13-11-9-10-12-16-7-3/h15-16H,5-14H2,1-4H3. The molecule has 0 rings (SSSR count). The van der Waals surface area contributed by atoms with Crippen LogP contribution in [-0.2, 0) is 0 Å². The van der Waals surface area contributed by atoms with E-state index in [1.165, 1.54) is 58.3 Å². The van der Waals surface area contributed by atoms with E-state index in [1.54, 1.807) is 0 Å². The molecule has 0 aromatic carbocycles. The molecule has 0 saturated heterocycles. The minimum Gasteiger partial charge on any atom is -0.317 e. The van der Waals surface area contributed by atoms with Crippen LogP contribution >= 0.6 is 0 Å². The molecule has 0 aromatic rings. The third kappa shape index (κ3) is 9.61. The Kier molecular flexibility index (Phi) is 12.3. The van der Waals surface area contributed by atoms with Gasteiger partial charge in [0.25, 0.3) is 0 Å². The van der Waals surface area contributed by atoms with Crippen molar-refractivity contribution in [2.45, 2.75) is 59.8 Å². The molecule has 0 unspecified atom stereocenters. The van der Waals surface area contributed by atoms with Crippen molar-refractivity contribution in [3.05, 3.63) is 0 Å². The molecule has 0 amide bonds. The second-order valence-corrected chi connectivity index (χ2v) is 4.99. The van der Waals surface area contributed by atoms with Gasteiger partial charge < -0.3 is 10.2 Å². The van der Waals surface area contributed by atoms with Crippen LogP contribution in [0.1, 0.15) is 59.8 Å². The molecule has 0 aliphatic heterocycles. The zero-order valence-electron chi connectivity index (χ0n) is 12.6. The van der Waals surface area contributed by atoms with Gasteiger partial charge in [-0.25, -0.2) is 0 Å². The SMILES string of the molecule is CCNCCCCCN(CC)CC(CC)CC. The van der Waals surface area contributed by atoms with E-state index in [2.05, 4.69) is 37.9 Å². The smallest absolute Gasteiger partial charge is 0.000934 e. The summed E-state index contributed by atoms with van der Waals surface area (Å²) in [6, 6.07) is 0. The van der Waals surface area contributed by atoms with Crippen molar-refractivity contribution in [3.8, 4) is 0 Å². The Balaban J connectivity index is 3.53. The molecule has 0 saturated carbocycles. The summed E-state index contributed by atoms with van der Waals surface area (Å²) in [6.07, 6.45) is 6.71. The van der Waals surface area contributed by atoms with Crippen molar-refractivity contribution >= 4 is 0 Å². The predicted octanol–water partition coefficient (Wildman–Crippen LogP) is 3.52. The molecule has 0 aliphatic rings. The van der Waals surface area contributed by atoms with Gasteiger partial charge in [-0.1, -0.05) is 47.0 Å². The number of rotatable bonds is 12. The fourth-order valence-electron chi connectivity index (χ4n) is 2.23. The summed E-state index contributed by atoms with van der Waals surface area (Å²) in [6.45, 7) is 15.2. The lowest BCUT2D eigenvalue weighted by Crippen LogP contribution is -2.30. The number of hydrogen-bond acceptors (Lipinski definition) is 2. The Morgan fingerprint density at radius 2 is 1.65 bits per heavy atom. The molecule has 0 aliphatic carbocycles. The minimum absolute atomic E-state index is 0.900. The van der Waals surface area contributed by atoms with E-state index in [9.17, 15) is 0 Å². The summed E-state index contributed by atoms with van der Waals surface area (Å²) in [7, 11) is 0. The van der Waals surface area contributed by atoms with Crippen molar-refractivity contribution in [1.82, 2.24) is 10.2 Å². The van der Waals surface area contributed by atoms with Crippen LogP contribution in [0.5, 0.6) is 0 Å². The molecule has 0 heterocycles. The molecule has 0 bridgehead atoms. The van der Waals surface area contributed by atoms with Gasteiger partial charge in [0.2, 0.25) is 0 Å². The number of nitrogens with zero attached hydrogens (tertiary/aromatic N) is 1. The van der Waals surface area contributed by atoms with Crippen LogP contribution in [0.2, 0.25) is 0 Å². The van der Waals surface area contributed by atoms with Crippen molar-refractivity contribution in [2.75, 3.05) is 32.7 Å². The van der Waals surface area contributed by atoms with Crippen molar-refractivity contribution < 1.29 is 0 Å². The van der Waals surface area contributed by atoms with E-state index < -0.39 is 0 Å². The first kappa shape index (κ1) is 16.9. The fraction of sp³-hybridized carbons (Fsp3) is 1.00. The van der Waals surface area contributed by atoms with Crippen LogP contribution in [0.15, 0.2) is 0 Å². The van der Waals surface area contributed by atoms with Gasteiger partial charge in [-0.15, -0.1) is 0 Å². The molecule has 0 fully saturated rings. The third-order valence-electron chi connectivity index (χ3n) is 3.70. The molecule has 0 spiro atoms. The molecule has 0 radical (unpaired) electrons. The molecule has 17 heavy (non-hydrogen) atoms. The van der Waals surface area contributed by atoms with Gasteiger partial charge in [0.1, 0.15) is 0 Å². The maximum Gasteiger partial charge on any atom is 0.000934 e. The summed E-state index contributed by atoms with van der Waals surface area (Å²) in [5.41, 5.74) is 0. The van der Waals surface area contributed by atoms with E-state index in [-0.39, 0.29) is 0 Å². The lowest BCUT2D eigenvalue weighted by molar-refractivity contribution is 0.229. The third-order valence-corrected chi connectivity index (χ3v) is 3.70. The predicted molar refractivity (Wildman–Crippen MR) is 78.6 cm³/mol. The van der Waals surface area contributed by atoms with E-state index in [0.29, 0.717) is 0 Å². The lowest BCUT2D eigenvalue weighted by atomic mass is 10.0. The van der Waals surface area contributed by atoms with Gasteiger partial charge in [-0.05, 0) is 44.9 Å². The highest BCUT2D eigenvalue weighted by molar-refractivity contribution is 4.63. The molecule has 0 atom stereocenters. The van der Waals surface area contributed by atoms with Crippen LogP contribution in [-0.4, -0.2) is 37.6 Å². The second-order valence-electron chi connectivity index (χ2n) is 4.99. The first-order valence-electron chi connectivity index (χ1n) is 7.71. The molecule has 0 aromatic heterocycles. The summed E-state index contributed by atoms with van der Waals surface area (Å²) in [5.74, 6) is 0.900. The Bertz CT molecular complexity index is 144. The quantitative estimate of drug-likeness (QED) is 0.527. The first-order chi connectivity index (χ1) is 8.28. The molecule has 104 valence electrons. The maximum absolute atomic E-state index is 3.39. The van der Waals surface area contributed by atoms with E-state index >= 15 is 0 Å². The lowest BCUT2D eigenvalue weighted by Gasteiger charge is -2.25. The van der Waals surface area contributed by atoms with Crippen LogP contribution in [0.4, 0.5) is 0 Å². The van der Waals surface area contributed by atoms with E-state index in [1.807, 2.05) is 0 Å². The summed E-state index contributed by atoms with van der Waals surface area (Å²) >= 11 is 0. The number of hydrogen-bond donors (Lipinski definition) is 1. The molecule has 2 heteroatoms. The Morgan fingerprint density at radius 3 is 2.18 bits per heavy atom. The number of nitrogens with one attached hydrogen (secondary N) is 1. The first-order valence-corrected chi connectivity index (χ1v) is 7.71. The van der Waals surface area contributed by atoms with Gasteiger partial charge in [-0.2, -0.15) is 0 Å². The molecular formula is C15H34N2. The molecular weight excluding hydrogens is 208 g/mol. The minimum atomic E-state index is 0.900. The van der Waals surface area contributed by atoms with Crippen molar-refractivity contribution in [2.24, 2.45) is 5.92 Å². The van der Waals surface area contributed by atoms with Crippen LogP contribution in [0.25, 0.3) is 0 Å². The number of unbranched alkanes of at least 4 members (excludes halogenated alkanes) is 2. The van der Waals surface area contributed by atoms with Crippen LogP contribution in [0.3, 0.4) is 0 Å². The molecule has 2 nitrogen and oxygen atoms in total. The highest BCUT2D eigenvalue weighted by Gasteiger charge is 2.09. The van der Waals surface area contributed by atoms with Gasteiger partial charge >= 0.3 is 0 Å². The van der Waals surface area contributed by atoms with Crippen molar-refractivity contribution in [1.29, 1.82) is 0 Å². The second kappa shape index (κ2) is 12.4. The highest BCUT2D eigenvalue weighted by Crippen LogP contribution is 2.10. The Morgan fingerprint density at radius 1 is 0.941 bits per heavy atom. The van der Waals surface area contributed by atoms with Crippen LogP contribution in [0, 0.1) is 5.92 Å². The topological polar surface area (TPSA) is 15.3 Å². The largest absolute Gasteiger partial charge is 0.317 e. The van der Waals surface area contributed by atoms with Crippen LogP contribution < -0.4 is 5.32 Å². The highest BCUT2D eigenvalue weighted by atomic mass is 15.1. The van der Waals surface area contributed by atoms with Gasteiger partial charge in [0.15, 0.2) is 0 Å². The summed E-state index contributed by atoms with van der Waals surface area (Å²) < 4.78 is 0. The van der Waals surface area contributed by atoms with Gasteiger partial charge in [0.05, 0.1) is 0 Å². The average molecular weight is 242 g/mol. The zero-order valence-corrected chi connectivity index (χ0v) is 12.6.